The van der Waals surface area contributed by atoms with Crippen LogP contribution in [0.3, 0.4) is 0 Å². The van der Waals surface area contributed by atoms with Crippen molar-refractivity contribution >= 4 is 12.1 Å². The Morgan fingerprint density at radius 1 is 1.19 bits per heavy atom. The van der Waals surface area contributed by atoms with Crippen LogP contribution in [0.5, 0.6) is 17.2 Å². The maximum Gasteiger partial charge on any atom is 0.240 e. The molecule has 136 valence electrons. The van der Waals surface area contributed by atoms with Crippen LogP contribution in [-0.4, -0.2) is 25.0 Å². The SMILES string of the molecule is CC(C)Oc1ccc(CCC(=O)N/N=C\c2ccc3c(c2)OCO3)cc1. The number of hydrazone groups is 1. The van der Waals surface area contributed by atoms with Gasteiger partial charge in [0, 0.05) is 6.42 Å². The molecule has 0 radical (unpaired) electrons. The molecule has 0 fully saturated rings. The number of carbonyl (C=O) groups excluding carboxylic acids is 1. The number of benzene rings is 2. The molecule has 0 atom stereocenters. The number of hydrogen-bond acceptors (Lipinski definition) is 5. The van der Waals surface area contributed by atoms with Gasteiger partial charge in [-0.05, 0) is 61.7 Å². The molecular weight excluding hydrogens is 332 g/mol. The molecule has 1 aliphatic rings. The van der Waals surface area contributed by atoms with Gasteiger partial charge in [-0.2, -0.15) is 5.10 Å². The lowest BCUT2D eigenvalue weighted by Crippen LogP contribution is -2.17. The summed E-state index contributed by atoms with van der Waals surface area (Å²) >= 11 is 0. The Labute approximate surface area is 152 Å². The molecule has 0 bridgehead atoms. The van der Waals surface area contributed by atoms with Crippen molar-refractivity contribution in [2.45, 2.75) is 32.8 Å². The third kappa shape index (κ3) is 4.99. The first-order chi connectivity index (χ1) is 12.6. The second-order valence-electron chi connectivity index (χ2n) is 6.22. The fourth-order valence-electron chi connectivity index (χ4n) is 2.49. The Kier molecular flexibility index (Phi) is 5.73. The molecule has 0 unspecified atom stereocenters. The van der Waals surface area contributed by atoms with Crippen LogP contribution in [0.15, 0.2) is 47.6 Å². The molecule has 2 aromatic rings. The van der Waals surface area contributed by atoms with E-state index in [0.29, 0.717) is 18.6 Å². The van der Waals surface area contributed by atoms with Gasteiger partial charge in [-0.1, -0.05) is 12.1 Å². The zero-order valence-corrected chi connectivity index (χ0v) is 14.9. The highest BCUT2D eigenvalue weighted by Gasteiger charge is 2.12. The third-order valence-electron chi connectivity index (χ3n) is 3.74. The maximum atomic E-state index is 11.9. The number of rotatable bonds is 7. The lowest BCUT2D eigenvalue weighted by molar-refractivity contribution is -0.121. The van der Waals surface area contributed by atoms with Gasteiger partial charge in [0.05, 0.1) is 12.3 Å². The summed E-state index contributed by atoms with van der Waals surface area (Å²) in [5.74, 6) is 2.10. The van der Waals surface area contributed by atoms with Crippen molar-refractivity contribution in [2.75, 3.05) is 6.79 Å². The van der Waals surface area contributed by atoms with E-state index >= 15 is 0 Å². The van der Waals surface area contributed by atoms with E-state index in [1.807, 2.05) is 56.3 Å². The van der Waals surface area contributed by atoms with Crippen LogP contribution in [0, 0.1) is 0 Å². The average Bonchev–Trinajstić information content (AvgIpc) is 3.08. The largest absolute Gasteiger partial charge is 0.491 e. The Morgan fingerprint density at radius 3 is 2.73 bits per heavy atom. The van der Waals surface area contributed by atoms with Crippen molar-refractivity contribution in [2.24, 2.45) is 5.10 Å². The quantitative estimate of drug-likeness (QED) is 0.612. The van der Waals surface area contributed by atoms with E-state index in [2.05, 4.69) is 10.5 Å². The van der Waals surface area contributed by atoms with Crippen LogP contribution in [0.2, 0.25) is 0 Å². The Bertz CT molecular complexity index is 785. The van der Waals surface area contributed by atoms with Crippen LogP contribution in [0.1, 0.15) is 31.4 Å². The van der Waals surface area contributed by atoms with Gasteiger partial charge in [-0.15, -0.1) is 0 Å². The zero-order chi connectivity index (χ0) is 18.4. The maximum absolute atomic E-state index is 11.9. The molecule has 0 saturated heterocycles. The normalized spacial score (nSPS) is 12.6. The third-order valence-corrected chi connectivity index (χ3v) is 3.74. The van der Waals surface area contributed by atoms with Gasteiger partial charge in [-0.3, -0.25) is 4.79 Å². The van der Waals surface area contributed by atoms with Gasteiger partial charge in [0.1, 0.15) is 5.75 Å². The molecule has 0 spiro atoms. The van der Waals surface area contributed by atoms with Gasteiger partial charge in [0.25, 0.3) is 0 Å². The zero-order valence-electron chi connectivity index (χ0n) is 14.9. The Balaban J connectivity index is 1.44. The van der Waals surface area contributed by atoms with Gasteiger partial charge in [-0.25, -0.2) is 5.43 Å². The Hall–Kier alpha value is -3.02. The number of carbonyl (C=O) groups is 1. The fourth-order valence-corrected chi connectivity index (χ4v) is 2.49. The number of nitrogens with one attached hydrogen (secondary N) is 1. The van der Waals surface area contributed by atoms with E-state index in [9.17, 15) is 4.79 Å². The summed E-state index contributed by atoms with van der Waals surface area (Å²) in [6.07, 6.45) is 2.74. The Morgan fingerprint density at radius 2 is 1.96 bits per heavy atom. The highest BCUT2D eigenvalue weighted by Crippen LogP contribution is 2.31. The van der Waals surface area contributed by atoms with Crippen LogP contribution in [0.4, 0.5) is 0 Å². The summed E-state index contributed by atoms with van der Waals surface area (Å²) in [6, 6.07) is 13.3. The fraction of sp³-hybridized carbons (Fsp3) is 0.300. The van der Waals surface area contributed by atoms with Crippen molar-refractivity contribution in [1.82, 2.24) is 5.43 Å². The molecule has 26 heavy (non-hydrogen) atoms. The van der Waals surface area contributed by atoms with Gasteiger partial charge in [0.15, 0.2) is 11.5 Å². The second kappa shape index (κ2) is 8.38. The van der Waals surface area contributed by atoms with E-state index in [1.54, 1.807) is 6.21 Å². The van der Waals surface area contributed by atoms with Gasteiger partial charge in [0.2, 0.25) is 12.7 Å². The monoisotopic (exact) mass is 354 g/mol. The van der Waals surface area contributed by atoms with E-state index in [-0.39, 0.29) is 18.8 Å². The molecular formula is C20H22N2O4. The summed E-state index contributed by atoms with van der Waals surface area (Å²) in [7, 11) is 0. The lowest BCUT2D eigenvalue weighted by Gasteiger charge is -2.09. The smallest absolute Gasteiger partial charge is 0.240 e. The number of ether oxygens (including phenoxy) is 3. The molecule has 1 N–H and O–H groups in total. The molecule has 0 aliphatic carbocycles. The predicted octanol–water partition coefficient (Wildman–Crippen LogP) is 3.29. The molecule has 1 aliphatic heterocycles. The number of amides is 1. The predicted molar refractivity (Wildman–Crippen MR) is 98.8 cm³/mol. The van der Waals surface area contributed by atoms with Crippen molar-refractivity contribution < 1.29 is 19.0 Å². The first kappa shape index (κ1) is 17.8. The highest BCUT2D eigenvalue weighted by atomic mass is 16.7. The van der Waals surface area contributed by atoms with Crippen LogP contribution in [-0.2, 0) is 11.2 Å². The van der Waals surface area contributed by atoms with E-state index in [4.69, 9.17) is 14.2 Å². The minimum Gasteiger partial charge on any atom is -0.491 e. The summed E-state index contributed by atoms with van der Waals surface area (Å²) in [5, 5.41) is 3.99. The van der Waals surface area contributed by atoms with Crippen LogP contribution >= 0.6 is 0 Å². The second-order valence-corrected chi connectivity index (χ2v) is 6.22. The summed E-state index contributed by atoms with van der Waals surface area (Å²) in [5.41, 5.74) is 4.45. The van der Waals surface area contributed by atoms with Gasteiger partial charge < -0.3 is 14.2 Å². The molecule has 0 saturated carbocycles. The standard InChI is InChI=1S/C20H22N2O4/c1-14(2)26-17-7-3-15(4-8-17)6-10-20(23)22-21-12-16-5-9-18-19(11-16)25-13-24-18/h3-5,7-9,11-12,14H,6,10,13H2,1-2H3,(H,22,23)/b21-12-. The number of aryl methyl sites for hydroxylation is 1. The number of nitrogens with zero attached hydrogens (tertiary/aromatic N) is 1. The highest BCUT2D eigenvalue weighted by molar-refractivity contribution is 5.83. The average molecular weight is 354 g/mol. The minimum atomic E-state index is -0.135. The molecule has 1 amide bonds. The topological polar surface area (TPSA) is 69.2 Å². The van der Waals surface area contributed by atoms with Gasteiger partial charge >= 0.3 is 0 Å². The van der Waals surface area contributed by atoms with E-state index in [1.165, 1.54) is 0 Å². The van der Waals surface area contributed by atoms with E-state index in [0.717, 1.165) is 22.6 Å². The summed E-state index contributed by atoms with van der Waals surface area (Å²) in [6.45, 7) is 4.21. The molecule has 1 heterocycles. The van der Waals surface area contributed by atoms with Crippen molar-refractivity contribution in [3.63, 3.8) is 0 Å². The molecule has 3 rings (SSSR count). The molecule has 0 aromatic heterocycles. The van der Waals surface area contributed by atoms with Crippen molar-refractivity contribution in [3.8, 4) is 17.2 Å². The van der Waals surface area contributed by atoms with E-state index < -0.39 is 0 Å². The van der Waals surface area contributed by atoms with Crippen LogP contribution < -0.4 is 19.6 Å². The number of hydrogen-bond donors (Lipinski definition) is 1. The lowest BCUT2D eigenvalue weighted by atomic mass is 10.1. The van der Waals surface area contributed by atoms with Crippen LogP contribution in [0.25, 0.3) is 0 Å². The first-order valence-electron chi connectivity index (χ1n) is 8.57. The molecule has 2 aromatic carbocycles. The molecule has 6 heteroatoms. The van der Waals surface area contributed by atoms with Crippen molar-refractivity contribution in [1.29, 1.82) is 0 Å². The molecule has 6 nitrogen and oxygen atoms in total. The summed E-state index contributed by atoms with van der Waals surface area (Å²) in [4.78, 5) is 11.9. The summed E-state index contributed by atoms with van der Waals surface area (Å²) < 4.78 is 16.2. The number of fused-ring (bicyclic) bond motifs is 1. The minimum absolute atomic E-state index is 0.135. The first-order valence-corrected chi connectivity index (χ1v) is 8.57. The van der Waals surface area contributed by atoms with Crippen molar-refractivity contribution in [3.05, 3.63) is 53.6 Å².